The number of amides is 1. The van der Waals surface area contributed by atoms with Crippen molar-refractivity contribution in [1.29, 1.82) is 0 Å². The van der Waals surface area contributed by atoms with Crippen LogP contribution >= 0.6 is 12.2 Å². The Hall–Kier alpha value is -1.63. The molecular formula is C14H15F3N2OS. The number of halogens is 3. The van der Waals surface area contributed by atoms with Crippen molar-refractivity contribution in [3.8, 4) is 0 Å². The highest BCUT2D eigenvalue weighted by molar-refractivity contribution is 7.80. The Morgan fingerprint density at radius 1 is 1.14 bits per heavy atom. The van der Waals surface area contributed by atoms with Crippen molar-refractivity contribution >= 4 is 23.1 Å². The maximum atomic E-state index is 13.7. The summed E-state index contributed by atoms with van der Waals surface area (Å²) in [5.74, 6) is -5.37. The monoisotopic (exact) mass is 316 g/mol. The number of carbonyl (C=O) groups is 1. The molecule has 1 saturated carbocycles. The number of thiocarbonyl (C=S) groups is 1. The third kappa shape index (κ3) is 3.02. The van der Waals surface area contributed by atoms with Gasteiger partial charge in [-0.2, -0.15) is 0 Å². The van der Waals surface area contributed by atoms with Crippen LogP contribution in [0.25, 0.3) is 0 Å². The van der Waals surface area contributed by atoms with Crippen LogP contribution in [0.5, 0.6) is 0 Å². The van der Waals surface area contributed by atoms with Gasteiger partial charge >= 0.3 is 0 Å². The summed E-state index contributed by atoms with van der Waals surface area (Å²) in [4.78, 5) is 12.3. The molecule has 1 aromatic rings. The fraction of sp³-hybridized carbons (Fsp3) is 0.429. The first-order valence-corrected chi connectivity index (χ1v) is 7.04. The van der Waals surface area contributed by atoms with Crippen molar-refractivity contribution in [2.24, 2.45) is 5.73 Å². The zero-order valence-electron chi connectivity index (χ0n) is 11.2. The van der Waals surface area contributed by atoms with Crippen molar-refractivity contribution in [3.05, 3.63) is 35.1 Å². The molecule has 1 amide bonds. The van der Waals surface area contributed by atoms with E-state index in [1.165, 1.54) is 0 Å². The number of hydrogen-bond donors (Lipinski definition) is 2. The second-order valence-electron chi connectivity index (χ2n) is 5.18. The predicted molar refractivity (Wildman–Crippen MR) is 76.4 cm³/mol. The summed E-state index contributed by atoms with van der Waals surface area (Å²) in [6, 6.07) is 1.61. The normalized spacial score (nSPS) is 17.3. The summed E-state index contributed by atoms with van der Waals surface area (Å²) in [5.41, 5.74) is 4.26. The molecule has 1 aliphatic carbocycles. The molecule has 1 fully saturated rings. The fourth-order valence-electron chi connectivity index (χ4n) is 2.57. The molecule has 3 N–H and O–H groups in total. The molecular weight excluding hydrogens is 301 g/mol. The SMILES string of the molecule is NC(=S)C1(NC(=O)c2ccc(F)c(F)c2F)CCCCC1. The average Bonchev–Trinajstić information content (AvgIpc) is 2.45. The largest absolute Gasteiger partial charge is 0.391 e. The molecule has 0 spiro atoms. The lowest BCUT2D eigenvalue weighted by molar-refractivity contribution is 0.0903. The van der Waals surface area contributed by atoms with Crippen molar-refractivity contribution < 1.29 is 18.0 Å². The molecule has 0 aliphatic heterocycles. The van der Waals surface area contributed by atoms with Gasteiger partial charge < -0.3 is 11.1 Å². The molecule has 3 nitrogen and oxygen atoms in total. The van der Waals surface area contributed by atoms with Crippen LogP contribution in [0.3, 0.4) is 0 Å². The standard InChI is InChI=1S/C14H15F3N2OS/c15-9-5-4-8(10(16)11(9)17)12(20)19-14(13(18)21)6-2-1-3-7-14/h4-5H,1-3,6-7H2,(H2,18,21)(H,19,20). The molecule has 2 rings (SSSR count). The third-order valence-electron chi connectivity index (χ3n) is 3.81. The van der Waals surface area contributed by atoms with Gasteiger partial charge in [0.15, 0.2) is 17.5 Å². The molecule has 1 aromatic carbocycles. The number of carbonyl (C=O) groups excluding carboxylic acids is 1. The lowest BCUT2D eigenvalue weighted by Gasteiger charge is -2.37. The van der Waals surface area contributed by atoms with Gasteiger partial charge in [-0.15, -0.1) is 0 Å². The third-order valence-corrected chi connectivity index (χ3v) is 4.20. The highest BCUT2D eigenvalue weighted by atomic mass is 32.1. The van der Waals surface area contributed by atoms with Crippen LogP contribution in [-0.4, -0.2) is 16.4 Å². The second kappa shape index (κ2) is 6.01. The van der Waals surface area contributed by atoms with E-state index in [2.05, 4.69) is 5.32 Å². The molecule has 1 aliphatic rings. The molecule has 0 heterocycles. The van der Waals surface area contributed by atoms with Crippen LogP contribution in [-0.2, 0) is 0 Å². The maximum Gasteiger partial charge on any atom is 0.255 e. The van der Waals surface area contributed by atoms with Crippen LogP contribution in [0.2, 0.25) is 0 Å². The van der Waals surface area contributed by atoms with Gasteiger partial charge in [-0.3, -0.25) is 4.79 Å². The minimum absolute atomic E-state index is 0.124. The Labute approximate surface area is 125 Å². The van der Waals surface area contributed by atoms with Gasteiger partial charge in [-0.1, -0.05) is 31.5 Å². The molecule has 0 radical (unpaired) electrons. The lowest BCUT2D eigenvalue weighted by Crippen LogP contribution is -2.57. The summed E-state index contributed by atoms with van der Waals surface area (Å²) in [5, 5.41) is 2.60. The highest BCUT2D eigenvalue weighted by Gasteiger charge is 2.37. The van der Waals surface area contributed by atoms with E-state index in [0.717, 1.165) is 25.3 Å². The van der Waals surface area contributed by atoms with E-state index in [1.54, 1.807) is 0 Å². The van der Waals surface area contributed by atoms with Crippen molar-refractivity contribution in [1.82, 2.24) is 5.32 Å². The summed E-state index contributed by atoms with van der Waals surface area (Å²) in [6.07, 6.45) is 3.77. The van der Waals surface area contributed by atoms with Crippen LogP contribution in [0.1, 0.15) is 42.5 Å². The van der Waals surface area contributed by atoms with Gasteiger partial charge in [-0.25, -0.2) is 13.2 Å². The van der Waals surface area contributed by atoms with Crippen LogP contribution in [0.4, 0.5) is 13.2 Å². The van der Waals surface area contributed by atoms with E-state index in [1.807, 2.05) is 0 Å². The van der Waals surface area contributed by atoms with E-state index < -0.39 is 34.5 Å². The van der Waals surface area contributed by atoms with Gasteiger partial charge in [0, 0.05) is 0 Å². The molecule has 0 atom stereocenters. The second-order valence-corrected chi connectivity index (χ2v) is 5.62. The minimum Gasteiger partial charge on any atom is -0.391 e. The Balaban J connectivity index is 2.28. The number of nitrogens with two attached hydrogens (primary N) is 1. The summed E-state index contributed by atoms with van der Waals surface area (Å²) in [6.45, 7) is 0. The Kier molecular flexibility index (Phi) is 4.51. The molecule has 114 valence electrons. The van der Waals surface area contributed by atoms with Gasteiger partial charge in [0.25, 0.3) is 5.91 Å². The van der Waals surface area contributed by atoms with Crippen LogP contribution in [0, 0.1) is 17.5 Å². The van der Waals surface area contributed by atoms with Crippen molar-refractivity contribution in [2.75, 3.05) is 0 Å². The summed E-state index contributed by atoms with van der Waals surface area (Å²) in [7, 11) is 0. The van der Waals surface area contributed by atoms with Crippen LogP contribution < -0.4 is 11.1 Å². The maximum absolute atomic E-state index is 13.7. The van der Waals surface area contributed by atoms with Gasteiger partial charge in [0.1, 0.15) is 0 Å². The molecule has 7 heteroatoms. The first-order chi connectivity index (χ1) is 9.87. The predicted octanol–water partition coefficient (Wildman–Crippen LogP) is 2.82. The first-order valence-electron chi connectivity index (χ1n) is 6.63. The Morgan fingerprint density at radius 3 is 2.33 bits per heavy atom. The minimum atomic E-state index is -1.67. The van der Waals surface area contributed by atoms with Crippen LogP contribution in [0.15, 0.2) is 12.1 Å². The number of hydrogen-bond acceptors (Lipinski definition) is 2. The van der Waals surface area contributed by atoms with Gasteiger partial charge in [-0.05, 0) is 25.0 Å². The molecule has 0 aromatic heterocycles. The molecule has 21 heavy (non-hydrogen) atoms. The van der Waals surface area contributed by atoms with E-state index in [0.29, 0.717) is 18.9 Å². The number of rotatable bonds is 3. The zero-order chi connectivity index (χ0) is 15.6. The first kappa shape index (κ1) is 15.8. The Bertz CT molecular complexity index is 586. The highest BCUT2D eigenvalue weighted by Crippen LogP contribution is 2.29. The topological polar surface area (TPSA) is 55.1 Å². The summed E-state index contributed by atoms with van der Waals surface area (Å²) >= 11 is 5.01. The molecule has 0 unspecified atom stereocenters. The number of nitrogens with one attached hydrogen (secondary N) is 1. The Morgan fingerprint density at radius 2 is 1.76 bits per heavy atom. The van der Waals surface area contributed by atoms with E-state index in [9.17, 15) is 18.0 Å². The van der Waals surface area contributed by atoms with Gasteiger partial charge in [0.2, 0.25) is 0 Å². The fourth-order valence-corrected chi connectivity index (χ4v) is 2.83. The number of benzene rings is 1. The van der Waals surface area contributed by atoms with Crippen molar-refractivity contribution in [2.45, 2.75) is 37.6 Å². The smallest absolute Gasteiger partial charge is 0.255 e. The van der Waals surface area contributed by atoms with E-state index in [-0.39, 0.29) is 4.99 Å². The van der Waals surface area contributed by atoms with E-state index >= 15 is 0 Å². The lowest BCUT2D eigenvalue weighted by atomic mass is 9.81. The van der Waals surface area contributed by atoms with E-state index in [4.69, 9.17) is 18.0 Å². The summed E-state index contributed by atoms with van der Waals surface area (Å²) < 4.78 is 39.8. The molecule has 0 saturated heterocycles. The molecule has 0 bridgehead atoms. The van der Waals surface area contributed by atoms with Gasteiger partial charge in [0.05, 0.1) is 16.1 Å². The quantitative estimate of drug-likeness (QED) is 0.666. The average molecular weight is 316 g/mol. The zero-order valence-corrected chi connectivity index (χ0v) is 12.0. The van der Waals surface area contributed by atoms with Crippen molar-refractivity contribution in [3.63, 3.8) is 0 Å².